The summed E-state index contributed by atoms with van der Waals surface area (Å²) < 4.78 is 5.81. The Morgan fingerprint density at radius 3 is 2.29 bits per heavy atom. The zero-order valence-electron chi connectivity index (χ0n) is 18.7. The van der Waals surface area contributed by atoms with E-state index in [0.717, 1.165) is 60.2 Å². The summed E-state index contributed by atoms with van der Waals surface area (Å²) in [4.78, 5) is 19.1. The monoisotopic (exact) mass is 451 g/mol. The van der Waals surface area contributed by atoms with Crippen molar-refractivity contribution >= 4 is 17.4 Å². The van der Waals surface area contributed by atoms with E-state index in [4.69, 9.17) is 4.74 Å². The minimum atomic E-state index is -0.0286. The van der Waals surface area contributed by atoms with Gasteiger partial charge in [-0.2, -0.15) is 0 Å². The molecule has 1 fully saturated rings. The van der Waals surface area contributed by atoms with Crippen LogP contribution in [-0.4, -0.2) is 34.2 Å². The second-order valence-electron chi connectivity index (χ2n) is 8.21. The molecule has 2 aromatic heterocycles. The van der Waals surface area contributed by atoms with Crippen molar-refractivity contribution in [3.63, 3.8) is 0 Å². The first-order chi connectivity index (χ1) is 16.7. The Kier molecular flexibility index (Phi) is 6.42. The van der Waals surface area contributed by atoms with E-state index in [2.05, 4.69) is 25.4 Å². The number of rotatable bonds is 6. The molecule has 1 amide bonds. The molecule has 7 nitrogen and oxygen atoms in total. The Morgan fingerprint density at radius 2 is 1.62 bits per heavy atom. The maximum absolute atomic E-state index is 12.8. The maximum Gasteiger partial charge on any atom is 0.227 e. The Morgan fingerprint density at radius 1 is 0.853 bits per heavy atom. The highest BCUT2D eigenvalue weighted by Crippen LogP contribution is 2.26. The van der Waals surface area contributed by atoms with Gasteiger partial charge in [0.05, 0.1) is 5.69 Å². The molecule has 1 aliphatic rings. The Hall–Kier alpha value is -4.26. The van der Waals surface area contributed by atoms with Gasteiger partial charge in [-0.1, -0.05) is 18.2 Å². The molecular weight excluding hydrogens is 426 g/mol. The molecule has 4 aromatic rings. The largest absolute Gasteiger partial charge is 0.457 e. The fourth-order valence-electron chi connectivity index (χ4n) is 4.01. The van der Waals surface area contributed by atoms with E-state index in [9.17, 15) is 4.79 Å². The molecule has 0 aliphatic carbocycles. The fraction of sp³-hybridized carbons (Fsp3) is 0.185. The third-order valence-electron chi connectivity index (χ3n) is 5.90. The van der Waals surface area contributed by atoms with Crippen molar-refractivity contribution in [1.29, 1.82) is 0 Å². The number of pyridine rings is 1. The van der Waals surface area contributed by atoms with Crippen molar-refractivity contribution in [1.82, 2.24) is 15.2 Å². The van der Waals surface area contributed by atoms with Gasteiger partial charge < -0.3 is 15.0 Å². The van der Waals surface area contributed by atoms with Crippen LogP contribution in [0.15, 0.2) is 91.3 Å². The lowest BCUT2D eigenvalue weighted by Gasteiger charge is -2.31. The number of nitrogens with zero attached hydrogens (tertiary/aromatic N) is 4. The number of ether oxygens (including phenoxy) is 1. The number of carbonyl (C=O) groups is 1. The van der Waals surface area contributed by atoms with E-state index in [1.54, 1.807) is 12.4 Å². The Balaban J connectivity index is 1.12. The normalized spacial score (nSPS) is 13.9. The molecule has 0 bridgehead atoms. The molecule has 5 rings (SSSR count). The smallest absolute Gasteiger partial charge is 0.227 e. The van der Waals surface area contributed by atoms with Crippen LogP contribution in [0.5, 0.6) is 11.5 Å². The summed E-state index contributed by atoms with van der Waals surface area (Å²) in [6.07, 6.45) is 5.05. The summed E-state index contributed by atoms with van der Waals surface area (Å²) in [6, 6.07) is 24.9. The van der Waals surface area contributed by atoms with E-state index in [0.29, 0.717) is 0 Å². The number of anilines is 2. The molecule has 0 spiro atoms. The molecule has 0 unspecified atom stereocenters. The molecule has 1 saturated heterocycles. The summed E-state index contributed by atoms with van der Waals surface area (Å²) in [6.45, 7) is 1.53. The summed E-state index contributed by atoms with van der Waals surface area (Å²) in [7, 11) is 0. The van der Waals surface area contributed by atoms with Gasteiger partial charge in [0.25, 0.3) is 0 Å². The molecule has 0 radical (unpaired) electrons. The average molecular weight is 452 g/mol. The number of benzene rings is 2. The number of carbonyl (C=O) groups excluding carboxylic acids is 1. The molecule has 3 heterocycles. The number of hydrogen-bond donors (Lipinski definition) is 1. The molecule has 1 aliphatic heterocycles. The van der Waals surface area contributed by atoms with E-state index in [1.807, 2.05) is 78.9 Å². The topological polar surface area (TPSA) is 80.2 Å². The zero-order valence-corrected chi connectivity index (χ0v) is 18.7. The first-order valence-electron chi connectivity index (χ1n) is 11.4. The van der Waals surface area contributed by atoms with Gasteiger partial charge in [0, 0.05) is 42.7 Å². The van der Waals surface area contributed by atoms with Crippen LogP contribution < -0.4 is 15.0 Å². The van der Waals surface area contributed by atoms with Crippen molar-refractivity contribution in [2.75, 3.05) is 23.3 Å². The van der Waals surface area contributed by atoms with Gasteiger partial charge in [0.2, 0.25) is 5.91 Å². The number of hydrogen-bond acceptors (Lipinski definition) is 6. The van der Waals surface area contributed by atoms with Crippen LogP contribution in [0.4, 0.5) is 11.5 Å². The number of piperidine rings is 1. The van der Waals surface area contributed by atoms with E-state index in [-0.39, 0.29) is 11.8 Å². The molecule has 0 saturated carbocycles. The van der Waals surface area contributed by atoms with Crippen LogP contribution in [-0.2, 0) is 4.79 Å². The summed E-state index contributed by atoms with van der Waals surface area (Å²) in [5, 5.41) is 11.8. The number of amides is 1. The predicted molar refractivity (Wildman–Crippen MR) is 132 cm³/mol. The number of aromatic nitrogens is 3. The summed E-state index contributed by atoms with van der Waals surface area (Å²) >= 11 is 0. The number of nitrogens with one attached hydrogen (secondary N) is 1. The maximum atomic E-state index is 12.8. The highest BCUT2D eigenvalue weighted by molar-refractivity contribution is 5.92. The molecule has 2 aromatic carbocycles. The lowest BCUT2D eigenvalue weighted by molar-refractivity contribution is -0.120. The van der Waals surface area contributed by atoms with Gasteiger partial charge >= 0.3 is 0 Å². The van der Waals surface area contributed by atoms with Crippen molar-refractivity contribution in [3.05, 3.63) is 91.3 Å². The minimum absolute atomic E-state index is 0.0286. The van der Waals surface area contributed by atoms with Crippen molar-refractivity contribution in [2.24, 2.45) is 5.92 Å². The summed E-state index contributed by atoms with van der Waals surface area (Å²) in [5.41, 5.74) is 2.51. The lowest BCUT2D eigenvalue weighted by Crippen LogP contribution is -2.38. The molecular formula is C27H25N5O2. The van der Waals surface area contributed by atoms with Gasteiger partial charge in [-0.3, -0.25) is 9.78 Å². The van der Waals surface area contributed by atoms with E-state index in [1.165, 1.54) is 0 Å². The second-order valence-corrected chi connectivity index (χ2v) is 8.21. The van der Waals surface area contributed by atoms with Crippen LogP contribution >= 0.6 is 0 Å². The quantitative estimate of drug-likeness (QED) is 0.435. The highest BCUT2D eigenvalue weighted by Gasteiger charge is 2.26. The average Bonchev–Trinajstić information content (AvgIpc) is 2.91. The van der Waals surface area contributed by atoms with Gasteiger partial charge in [-0.25, -0.2) is 0 Å². The van der Waals surface area contributed by atoms with Crippen LogP contribution in [0.25, 0.3) is 11.3 Å². The molecule has 170 valence electrons. The molecule has 0 atom stereocenters. The van der Waals surface area contributed by atoms with Crippen molar-refractivity contribution in [2.45, 2.75) is 12.8 Å². The third-order valence-corrected chi connectivity index (χ3v) is 5.90. The van der Waals surface area contributed by atoms with Gasteiger partial charge in [0.1, 0.15) is 11.5 Å². The van der Waals surface area contributed by atoms with Gasteiger partial charge in [-0.05, 0) is 73.5 Å². The second kappa shape index (κ2) is 10.1. The first-order valence-corrected chi connectivity index (χ1v) is 11.4. The summed E-state index contributed by atoms with van der Waals surface area (Å²) in [5.74, 6) is 2.37. The van der Waals surface area contributed by atoms with Crippen LogP contribution in [0.1, 0.15) is 12.8 Å². The van der Waals surface area contributed by atoms with Gasteiger partial charge in [-0.15, -0.1) is 10.2 Å². The Bertz CT molecular complexity index is 1210. The van der Waals surface area contributed by atoms with Crippen LogP contribution in [0.3, 0.4) is 0 Å². The molecule has 34 heavy (non-hydrogen) atoms. The van der Waals surface area contributed by atoms with Crippen LogP contribution in [0, 0.1) is 5.92 Å². The van der Waals surface area contributed by atoms with E-state index >= 15 is 0 Å². The lowest BCUT2D eigenvalue weighted by atomic mass is 9.96. The van der Waals surface area contributed by atoms with Gasteiger partial charge in [0.15, 0.2) is 5.82 Å². The fourth-order valence-corrected chi connectivity index (χ4v) is 4.01. The van der Waals surface area contributed by atoms with Crippen molar-refractivity contribution < 1.29 is 9.53 Å². The SMILES string of the molecule is O=C(Nc1ccc(Oc2ccccc2)cc1)C1CCN(c2ccc(-c3cccnc3)nn2)CC1. The zero-order chi connectivity index (χ0) is 23.2. The van der Waals surface area contributed by atoms with Crippen molar-refractivity contribution in [3.8, 4) is 22.8 Å². The Labute approximate surface area is 198 Å². The molecule has 7 heteroatoms. The molecule has 1 N–H and O–H groups in total. The first kappa shape index (κ1) is 21.6. The standard InChI is InChI=1S/C27H25N5O2/c33-27(29-22-8-10-24(11-9-22)34-23-6-2-1-3-7-23)20-14-17-32(18-15-20)26-13-12-25(30-31-26)21-5-4-16-28-19-21/h1-13,16,19-20H,14-15,17-18H2,(H,29,33). The minimum Gasteiger partial charge on any atom is -0.457 e. The third kappa shape index (κ3) is 5.20. The number of para-hydroxylation sites is 1. The van der Waals surface area contributed by atoms with Crippen LogP contribution in [0.2, 0.25) is 0 Å². The predicted octanol–water partition coefficient (Wildman–Crippen LogP) is 5.19. The highest BCUT2D eigenvalue weighted by atomic mass is 16.5. The van der Waals surface area contributed by atoms with E-state index < -0.39 is 0 Å².